The molecule has 1 unspecified atom stereocenters. The lowest BCUT2D eigenvalue weighted by Crippen LogP contribution is -2.51. The van der Waals surface area contributed by atoms with E-state index in [2.05, 4.69) is 39.9 Å². The van der Waals surface area contributed by atoms with Crippen LogP contribution in [0.5, 0.6) is 0 Å². The molecule has 5 rings (SSSR count). The van der Waals surface area contributed by atoms with E-state index < -0.39 is 0 Å². The summed E-state index contributed by atoms with van der Waals surface area (Å²) in [6, 6.07) is 9.81. The first kappa shape index (κ1) is 12.1. The van der Waals surface area contributed by atoms with Gasteiger partial charge in [-0.05, 0) is 61.2 Å². The fraction of sp³-hybridized carbons (Fsp3) is 0.500. The summed E-state index contributed by atoms with van der Waals surface area (Å²) in [6.07, 6.45) is 4.26. The average molecular weight is 289 g/mol. The minimum atomic E-state index is 0.614. The molecule has 0 saturated carbocycles. The highest BCUT2D eigenvalue weighted by Crippen LogP contribution is 2.43. The molecule has 0 amide bonds. The Morgan fingerprint density at radius 3 is 2.05 bits per heavy atom. The summed E-state index contributed by atoms with van der Waals surface area (Å²) in [6.45, 7) is 2.64. The van der Waals surface area contributed by atoms with Crippen molar-refractivity contribution in [3.63, 3.8) is 0 Å². The highest BCUT2D eigenvalue weighted by molar-refractivity contribution is 7.11. The predicted molar refractivity (Wildman–Crippen MR) is 83.2 cm³/mol. The van der Waals surface area contributed by atoms with Crippen LogP contribution in [-0.4, -0.2) is 24.0 Å². The van der Waals surface area contributed by atoms with Crippen molar-refractivity contribution in [1.29, 1.82) is 0 Å². The number of nitrogens with zero attached hydrogens (tertiary/aromatic N) is 1. The van der Waals surface area contributed by atoms with Crippen molar-refractivity contribution in [3.8, 4) is 0 Å². The van der Waals surface area contributed by atoms with Crippen molar-refractivity contribution in [2.24, 2.45) is 5.92 Å². The van der Waals surface area contributed by atoms with Gasteiger partial charge in [-0.3, -0.25) is 4.90 Å². The van der Waals surface area contributed by atoms with Crippen molar-refractivity contribution < 1.29 is 0 Å². The predicted octanol–water partition coefficient (Wildman–Crippen LogP) is 4.43. The second-order valence-electron chi connectivity index (χ2n) is 5.79. The van der Waals surface area contributed by atoms with Gasteiger partial charge in [-0.1, -0.05) is 12.1 Å². The first-order valence-electron chi connectivity index (χ1n) is 7.22. The highest BCUT2D eigenvalue weighted by atomic mass is 32.1. The molecule has 0 aliphatic carbocycles. The van der Waals surface area contributed by atoms with E-state index in [0.717, 1.165) is 12.0 Å². The molecule has 3 heteroatoms. The molecule has 0 spiro atoms. The summed E-state index contributed by atoms with van der Waals surface area (Å²) in [7, 11) is 0. The summed E-state index contributed by atoms with van der Waals surface area (Å²) in [5.74, 6) is 1.60. The maximum Gasteiger partial charge on any atom is 0.0433 e. The molecule has 5 heterocycles. The van der Waals surface area contributed by atoms with Gasteiger partial charge in [-0.25, -0.2) is 0 Å². The topological polar surface area (TPSA) is 3.24 Å². The van der Waals surface area contributed by atoms with Crippen LogP contribution in [0.4, 0.5) is 0 Å². The Morgan fingerprint density at radius 1 is 1.00 bits per heavy atom. The fourth-order valence-corrected chi connectivity index (χ4v) is 5.69. The fourth-order valence-electron chi connectivity index (χ4n) is 3.81. The van der Waals surface area contributed by atoms with Crippen LogP contribution in [0, 0.1) is 5.92 Å². The van der Waals surface area contributed by atoms with Crippen molar-refractivity contribution >= 4 is 22.7 Å². The summed E-state index contributed by atoms with van der Waals surface area (Å²) >= 11 is 3.86. The molecule has 0 N–H and O–H groups in total. The van der Waals surface area contributed by atoms with Gasteiger partial charge in [0, 0.05) is 21.7 Å². The first-order chi connectivity index (χ1) is 9.42. The van der Waals surface area contributed by atoms with Gasteiger partial charge in [-0.2, -0.15) is 0 Å². The molecule has 2 aromatic rings. The molecule has 0 aromatic carbocycles. The monoisotopic (exact) mass is 289 g/mol. The number of hydrogen-bond acceptors (Lipinski definition) is 3. The van der Waals surface area contributed by atoms with Crippen LogP contribution in [0.25, 0.3) is 0 Å². The van der Waals surface area contributed by atoms with Crippen LogP contribution in [-0.2, 0) is 0 Å². The Morgan fingerprint density at radius 2 is 1.63 bits per heavy atom. The Balaban J connectivity index is 1.71. The average Bonchev–Trinajstić information content (AvgIpc) is 3.14. The molecule has 3 aliphatic heterocycles. The molecule has 2 aromatic heterocycles. The zero-order chi connectivity index (χ0) is 12.7. The largest absolute Gasteiger partial charge is 0.299 e. The third-order valence-electron chi connectivity index (χ3n) is 4.78. The zero-order valence-electron chi connectivity index (χ0n) is 11.0. The van der Waals surface area contributed by atoms with E-state index in [1.165, 1.54) is 32.4 Å². The zero-order valence-corrected chi connectivity index (χ0v) is 12.6. The Kier molecular flexibility index (Phi) is 3.22. The SMILES string of the molecule is c1csc(C(c2cccs2)C2CC3CCN2CC3)c1. The summed E-state index contributed by atoms with van der Waals surface area (Å²) in [4.78, 5) is 5.87. The van der Waals surface area contributed by atoms with Crippen LogP contribution >= 0.6 is 22.7 Å². The number of hydrogen-bond donors (Lipinski definition) is 0. The molecule has 0 radical (unpaired) electrons. The number of piperidine rings is 3. The van der Waals surface area contributed by atoms with Gasteiger partial charge in [0.25, 0.3) is 0 Å². The van der Waals surface area contributed by atoms with Crippen LogP contribution in [0.15, 0.2) is 35.0 Å². The molecule has 2 bridgehead atoms. The molecule has 1 nitrogen and oxygen atoms in total. The van der Waals surface area contributed by atoms with Crippen molar-refractivity contribution in [1.82, 2.24) is 4.90 Å². The Hall–Kier alpha value is -0.640. The van der Waals surface area contributed by atoms with E-state index >= 15 is 0 Å². The van der Waals surface area contributed by atoms with Gasteiger partial charge in [0.1, 0.15) is 0 Å². The lowest BCUT2D eigenvalue weighted by atomic mass is 9.77. The van der Waals surface area contributed by atoms with E-state index in [1.807, 2.05) is 22.7 Å². The standard InChI is InChI=1S/C16H19NS2/c1-3-14(18-9-1)16(15-4-2-10-19-15)13-11-12-5-7-17(13)8-6-12/h1-4,9-10,12-13,16H,5-8,11H2. The Bertz CT molecular complexity index is 475. The highest BCUT2D eigenvalue weighted by Gasteiger charge is 2.39. The molecule has 3 fully saturated rings. The van der Waals surface area contributed by atoms with Gasteiger partial charge in [0.2, 0.25) is 0 Å². The minimum Gasteiger partial charge on any atom is -0.299 e. The third kappa shape index (κ3) is 2.18. The van der Waals surface area contributed by atoms with Crippen LogP contribution in [0.2, 0.25) is 0 Å². The second kappa shape index (κ2) is 5.04. The van der Waals surface area contributed by atoms with Crippen molar-refractivity contribution in [3.05, 3.63) is 44.8 Å². The molecule has 3 aliphatic rings. The van der Waals surface area contributed by atoms with E-state index in [9.17, 15) is 0 Å². The van der Waals surface area contributed by atoms with Gasteiger partial charge in [-0.15, -0.1) is 22.7 Å². The second-order valence-corrected chi connectivity index (χ2v) is 7.75. The molecular formula is C16H19NS2. The van der Waals surface area contributed by atoms with Crippen LogP contribution in [0.3, 0.4) is 0 Å². The number of thiophene rings is 2. The molecule has 100 valence electrons. The van der Waals surface area contributed by atoms with E-state index in [4.69, 9.17) is 0 Å². The van der Waals surface area contributed by atoms with Crippen LogP contribution in [0.1, 0.15) is 34.9 Å². The van der Waals surface area contributed by atoms with Gasteiger partial charge in [0.05, 0.1) is 0 Å². The molecule has 3 saturated heterocycles. The van der Waals surface area contributed by atoms with E-state index in [0.29, 0.717) is 5.92 Å². The summed E-state index contributed by atoms with van der Waals surface area (Å²) in [5.41, 5.74) is 0. The molecular weight excluding hydrogens is 270 g/mol. The first-order valence-corrected chi connectivity index (χ1v) is 8.98. The maximum atomic E-state index is 2.75. The lowest BCUT2D eigenvalue weighted by Gasteiger charge is -2.48. The smallest absolute Gasteiger partial charge is 0.0433 e. The van der Waals surface area contributed by atoms with E-state index in [-0.39, 0.29) is 0 Å². The number of rotatable bonds is 3. The van der Waals surface area contributed by atoms with Crippen molar-refractivity contribution in [2.45, 2.75) is 31.2 Å². The van der Waals surface area contributed by atoms with Crippen molar-refractivity contribution in [2.75, 3.05) is 13.1 Å². The molecule has 19 heavy (non-hydrogen) atoms. The maximum absolute atomic E-state index is 2.75. The van der Waals surface area contributed by atoms with E-state index in [1.54, 1.807) is 9.75 Å². The normalized spacial score (nSPS) is 30.1. The lowest BCUT2D eigenvalue weighted by molar-refractivity contribution is 0.0421. The van der Waals surface area contributed by atoms with Gasteiger partial charge >= 0.3 is 0 Å². The summed E-state index contributed by atoms with van der Waals surface area (Å²) < 4.78 is 0. The van der Waals surface area contributed by atoms with Gasteiger partial charge in [0.15, 0.2) is 0 Å². The molecule has 1 atom stereocenters. The Labute approximate surface area is 122 Å². The third-order valence-corrected chi connectivity index (χ3v) is 6.69. The summed E-state index contributed by atoms with van der Waals surface area (Å²) in [5, 5.41) is 4.46. The van der Waals surface area contributed by atoms with Gasteiger partial charge < -0.3 is 0 Å². The van der Waals surface area contributed by atoms with Crippen LogP contribution < -0.4 is 0 Å². The quantitative estimate of drug-likeness (QED) is 0.808. The number of fused-ring (bicyclic) bond motifs is 3. The minimum absolute atomic E-state index is 0.614.